The molecule has 0 unspecified atom stereocenters. The second kappa shape index (κ2) is 3.65. The third-order valence-electron chi connectivity index (χ3n) is 1.48. The molecule has 0 aliphatic heterocycles. The van der Waals surface area contributed by atoms with Crippen LogP contribution >= 0.6 is 33.9 Å². The quantitative estimate of drug-likeness (QED) is 0.726. The van der Waals surface area contributed by atoms with E-state index in [4.69, 9.17) is 33.9 Å². The molecule has 0 bridgehead atoms. The van der Waals surface area contributed by atoms with Crippen molar-refractivity contribution in [3.63, 3.8) is 0 Å². The van der Waals surface area contributed by atoms with Crippen molar-refractivity contribution in [2.24, 2.45) is 0 Å². The van der Waals surface area contributed by atoms with Crippen molar-refractivity contribution in [3.05, 3.63) is 27.7 Å². The van der Waals surface area contributed by atoms with Crippen molar-refractivity contribution in [2.75, 3.05) is 0 Å². The summed E-state index contributed by atoms with van der Waals surface area (Å²) in [6.45, 7) is 1.72. The zero-order valence-electron chi connectivity index (χ0n) is 6.51. The summed E-state index contributed by atoms with van der Waals surface area (Å²) in [4.78, 5) is -0.161. The Balaban J connectivity index is 3.50. The molecular formula is C7H5Cl3O2S. The average Bonchev–Trinajstić information content (AvgIpc) is 1.94. The SMILES string of the molecule is Cc1cc(Cl)c(S(=O)(=O)Cl)cc1Cl. The average molecular weight is 260 g/mol. The van der Waals surface area contributed by atoms with E-state index in [1.807, 2.05) is 0 Å². The lowest BCUT2D eigenvalue weighted by atomic mass is 10.2. The summed E-state index contributed by atoms with van der Waals surface area (Å²) in [5.74, 6) is 0. The number of halogens is 3. The van der Waals surface area contributed by atoms with Crippen LogP contribution in [0.3, 0.4) is 0 Å². The van der Waals surface area contributed by atoms with Crippen LogP contribution < -0.4 is 0 Å². The van der Waals surface area contributed by atoms with Crippen molar-refractivity contribution in [1.82, 2.24) is 0 Å². The van der Waals surface area contributed by atoms with Gasteiger partial charge in [0.15, 0.2) is 0 Å². The van der Waals surface area contributed by atoms with Gasteiger partial charge >= 0.3 is 0 Å². The van der Waals surface area contributed by atoms with Gasteiger partial charge in [0.2, 0.25) is 0 Å². The Morgan fingerprint density at radius 3 is 2.15 bits per heavy atom. The van der Waals surface area contributed by atoms with E-state index in [0.29, 0.717) is 10.6 Å². The Labute approximate surface area is 90.8 Å². The van der Waals surface area contributed by atoms with E-state index in [1.165, 1.54) is 12.1 Å². The number of rotatable bonds is 1. The maximum Gasteiger partial charge on any atom is 0.262 e. The normalized spacial score (nSPS) is 11.7. The summed E-state index contributed by atoms with van der Waals surface area (Å²) in [7, 11) is 1.30. The minimum Gasteiger partial charge on any atom is -0.207 e. The van der Waals surface area contributed by atoms with Crippen LogP contribution in [-0.4, -0.2) is 8.42 Å². The largest absolute Gasteiger partial charge is 0.262 e. The molecule has 2 nitrogen and oxygen atoms in total. The molecule has 0 spiro atoms. The van der Waals surface area contributed by atoms with Crippen LogP contribution in [0.25, 0.3) is 0 Å². The highest BCUT2D eigenvalue weighted by molar-refractivity contribution is 8.13. The predicted octanol–water partition coefficient (Wildman–Crippen LogP) is 3.23. The van der Waals surface area contributed by atoms with Gasteiger partial charge in [-0.2, -0.15) is 0 Å². The molecule has 6 heteroatoms. The van der Waals surface area contributed by atoms with Crippen LogP contribution in [0, 0.1) is 6.92 Å². The van der Waals surface area contributed by atoms with Crippen LogP contribution in [-0.2, 0) is 9.05 Å². The van der Waals surface area contributed by atoms with Crippen molar-refractivity contribution in [3.8, 4) is 0 Å². The minimum atomic E-state index is -3.82. The summed E-state index contributed by atoms with van der Waals surface area (Å²) < 4.78 is 21.9. The van der Waals surface area contributed by atoms with E-state index in [2.05, 4.69) is 0 Å². The summed E-state index contributed by atoms with van der Waals surface area (Å²) in [5.41, 5.74) is 0.704. The van der Waals surface area contributed by atoms with Gasteiger partial charge < -0.3 is 0 Å². The molecule has 0 saturated heterocycles. The molecule has 0 fully saturated rings. The van der Waals surface area contributed by atoms with E-state index in [-0.39, 0.29) is 9.92 Å². The third kappa shape index (κ3) is 2.50. The second-order valence-electron chi connectivity index (χ2n) is 2.47. The van der Waals surface area contributed by atoms with Gasteiger partial charge in [-0.05, 0) is 24.6 Å². The molecule has 1 aromatic carbocycles. The van der Waals surface area contributed by atoms with Crippen LogP contribution in [0.1, 0.15) is 5.56 Å². The zero-order valence-corrected chi connectivity index (χ0v) is 9.60. The molecule has 72 valence electrons. The molecule has 13 heavy (non-hydrogen) atoms. The molecule has 0 radical (unpaired) electrons. The summed E-state index contributed by atoms with van der Waals surface area (Å²) in [5, 5.41) is 0.403. The fourth-order valence-corrected chi connectivity index (χ4v) is 2.62. The predicted molar refractivity (Wildman–Crippen MR) is 54.2 cm³/mol. The molecule has 0 atom stereocenters. The summed E-state index contributed by atoms with van der Waals surface area (Å²) >= 11 is 11.4. The zero-order chi connectivity index (χ0) is 10.2. The Morgan fingerprint density at radius 1 is 1.15 bits per heavy atom. The maximum atomic E-state index is 10.9. The molecule has 1 aromatic rings. The number of aryl methyl sites for hydroxylation is 1. The summed E-state index contributed by atoms with van der Waals surface area (Å²) in [6.07, 6.45) is 0. The fraction of sp³-hybridized carbons (Fsp3) is 0.143. The maximum absolute atomic E-state index is 10.9. The van der Waals surface area contributed by atoms with Crippen molar-refractivity contribution in [2.45, 2.75) is 11.8 Å². The van der Waals surface area contributed by atoms with Gasteiger partial charge in [-0.1, -0.05) is 23.2 Å². The van der Waals surface area contributed by atoms with Crippen molar-refractivity contribution < 1.29 is 8.42 Å². The van der Waals surface area contributed by atoms with E-state index < -0.39 is 9.05 Å². The first-order valence-corrected chi connectivity index (χ1v) is 6.29. The van der Waals surface area contributed by atoms with E-state index in [9.17, 15) is 8.42 Å². The Kier molecular flexibility index (Phi) is 3.12. The molecule has 0 amide bonds. The lowest BCUT2D eigenvalue weighted by Gasteiger charge is -2.03. The highest BCUT2D eigenvalue weighted by Crippen LogP contribution is 2.29. The van der Waals surface area contributed by atoms with Crippen LogP contribution in [0.4, 0.5) is 0 Å². The van der Waals surface area contributed by atoms with Crippen molar-refractivity contribution in [1.29, 1.82) is 0 Å². The molecular weight excluding hydrogens is 255 g/mol. The van der Waals surface area contributed by atoms with Crippen LogP contribution in [0.2, 0.25) is 10.0 Å². The first-order chi connectivity index (χ1) is 5.82. The topological polar surface area (TPSA) is 34.1 Å². The van der Waals surface area contributed by atoms with Crippen LogP contribution in [0.5, 0.6) is 0 Å². The Bertz CT molecular complexity index is 439. The third-order valence-corrected chi connectivity index (χ3v) is 3.67. The number of hydrogen-bond donors (Lipinski definition) is 0. The fourth-order valence-electron chi connectivity index (χ4n) is 0.815. The van der Waals surface area contributed by atoms with Crippen LogP contribution in [0.15, 0.2) is 17.0 Å². The van der Waals surface area contributed by atoms with E-state index in [1.54, 1.807) is 6.92 Å². The van der Waals surface area contributed by atoms with Gasteiger partial charge in [0.25, 0.3) is 9.05 Å². The van der Waals surface area contributed by atoms with Crippen molar-refractivity contribution >= 4 is 42.9 Å². The molecule has 0 heterocycles. The van der Waals surface area contributed by atoms with E-state index in [0.717, 1.165) is 0 Å². The smallest absolute Gasteiger partial charge is 0.207 e. The monoisotopic (exact) mass is 258 g/mol. The molecule has 0 aromatic heterocycles. The second-order valence-corrected chi connectivity index (χ2v) is 5.82. The van der Waals surface area contributed by atoms with Gasteiger partial charge in [0.05, 0.1) is 5.02 Å². The molecule has 0 saturated carbocycles. The summed E-state index contributed by atoms with van der Waals surface area (Å²) in [6, 6.07) is 2.70. The first kappa shape index (κ1) is 11.1. The number of hydrogen-bond acceptors (Lipinski definition) is 2. The van der Waals surface area contributed by atoms with Gasteiger partial charge in [-0.15, -0.1) is 0 Å². The highest BCUT2D eigenvalue weighted by Gasteiger charge is 2.16. The van der Waals surface area contributed by atoms with Gasteiger partial charge in [0, 0.05) is 15.7 Å². The van der Waals surface area contributed by atoms with Gasteiger partial charge in [-0.3, -0.25) is 0 Å². The highest BCUT2D eigenvalue weighted by atomic mass is 35.7. The van der Waals surface area contributed by atoms with Gasteiger partial charge in [-0.25, -0.2) is 8.42 Å². The molecule has 0 N–H and O–H groups in total. The lowest BCUT2D eigenvalue weighted by Crippen LogP contribution is -1.92. The molecule has 1 rings (SSSR count). The molecule has 0 aliphatic carbocycles. The first-order valence-electron chi connectivity index (χ1n) is 3.22. The standard InChI is InChI=1S/C7H5Cl3O2S/c1-4-2-6(9)7(3-5(4)8)13(10,11)12/h2-3H,1H3. The van der Waals surface area contributed by atoms with Gasteiger partial charge in [0.1, 0.15) is 4.90 Å². The molecule has 0 aliphatic rings. The Morgan fingerprint density at radius 2 is 1.69 bits per heavy atom. The minimum absolute atomic E-state index is 0.0805. The lowest BCUT2D eigenvalue weighted by molar-refractivity contribution is 0.609. The number of benzene rings is 1. The Hall–Kier alpha value is 0.0400. The van der Waals surface area contributed by atoms with E-state index >= 15 is 0 Å².